The van der Waals surface area contributed by atoms with Gasteiger partial charge in [-0.3, -0.25) is 9.36 Å². The predicted octanol–water partition coefficient (Wildman–Crippen LogP) is 0.812. The molecule has 0 aliphatic heterocycles. The molecule has 5 nitrogen and oxygen atoms in total. The first-order valence-electron chi connectivity index (χ1n) is 3.57. The number of carboxylic acid groups (broad SMARTS) is 1. The lowest BCUT2D eigenvalue weighted by Crippen LogP contribution is -2.26. The van der Waals surface area contributed by atoms with Crippen molar-refractivity contribution in [3.8, 4) is 0 Å². The van der Waals surface area contributed by atoms with E-state index >= 15 is 0 Å². The second kappa shape index (κ2) is 4.61. The van der Waals surface area contributed by atoms with Crippen molar-refractivity contribution < 1.29 is 9.90 Å². The number of carboxylic acids is 1. The lowest BCUT2D eigenvalue weighted by molar-refractivity contribution is -0.137. The Morgan fingerprint density at radius 3 is 2.93 bits per heavy atom. The maximum absolute atomic E-state index is 11.2. The molecule has 14 heavy (non-hydrogen) atoms. The molecule has 76 valence electrons. The van der Waals surface area contributed by atoms with Crippen molar-refractivity contribution in [2.45, 2.75) is 11.6 Å². The van der Waals surface area contributed by atoms with Crippen LogP contribution >= 0.6 is 27.7 Å². The molecular formula is C7H7BrN2O3S. The molecule has 7 heteroatoms. The van der Waals surface area contributed by atoms with Gasteiger partial charge in [-0.05, 0) is 22.2 Å². The molecule has 0 bridgehead atoms. The van der Waals surface area contributed by atoms with Gasteiger partial charge in [0.2, 0.25) is 0 Å². The van der Waals surface area contributed by atoms with Gasteiger partial charge in [0.25, 0.3) is 0 Å². The molecule has 0 aromatic carbocycles. The van der Waals surface area contributed by atoms with Crippen LogP contribution in [0.5, 0.6) is 0 Å². The minimum Gasteiger partial charge on any atom is -0.480 e. The number of hydrogen-bond acceptors (Lipinski definition) is 4. The van der Waals surface area contributed by atoms with Crippen molar-refractivity contribution in [3.63, 3.8) is 0 Å². The summed E-state index contributed by atoms with van der Waals surface area (Å²) < 4.78 is 1.65. The van der Waals surface area contributed by atoms with Gasteiger partial charge in [0.15, 0.2) is 0 Å². The summed E-state index contributed by atoms with van der Waals surface area (Å²) in [6, 6.07) is 0. The molecule has 0 saturated heterocycles. The highest BCUT2D eigenvalue weighted by Crippen LogP contribution is 2.20. The molecule has 0 radical (unpaired) electrons. The summed E-state index contributed by atoms with van der Waals surface area (Å²) in [5.41, 5.74) is -0.556. The van der Waals surface area contributed by atoms with E-state index in [2.05, 4.69) is 20.9 Å². The molecule has 0 spiro atoms. The van der Waals surface area contributed by atoms with Crippen LogP contribution in [0, 0.1) is 0 Å². The van der Waals surface area contributed by atoms with Crippen LogP contribution in [0.25, 0.3) is 0 Å². The van der Waals surface area contributed by atoms with Gasteiger partial charge in [-0.25, -0.2) is 4.79 Å². The Balaban J connectivity index is 3.15. The van der Waals surface area contributed by atoms with Gasteiger partial charge in [-0.1, -0.05) is 0 Å². The average molecular weight is 279 g/mol. The van der Waals surface area contributed by atoms with Crippen LogP contribution in [-0.2, 0) is 11.3 Å². The molecule has 0 aliphatic carbocycles. The van der Waals surface area contributed by atoms with Crippen LogP contribution in [0.1, 0.15) is 0 Å². The number of carbonyl (C=O) groups is 1. The Morgan fingerprint density at radius 1 is 1.79 bits per heavy atom. The third-order valence-electron chi connectivity index (χ3n) is 1.42. The smallest absolute Gasteiger partial charge is 0.349 e. The van der Waals surface area contributed by atoms with E-state index in [1.165, 1.54) is 18.0 Å². The van der Waals surface area contributed by atoms with Crippen LogP contribution < -0.4 is 5.69 Å². The maximum atomic E-state index is 11.2. The molecule has 1 heterocycles. The highest BCUT2D eigenvalue weighted by atomic mass is 79.9. The number of hydrogen-bond donors (Lipinski definition) is 1. The summed E-state index contributed by atoms with van der Waals surface area (Å²) in [6.45, 7) is -0.376. The average Bonchev–Trinajstić information content (AvgIpc) is 2.10. The van der Waals surface area contributed by atoms with Crippen molar-refractivity contribution in [1.29, 1.82) is 0 Å². The Bertz CT molecular complexity index is 418. The van der Waals surface area contributed by atoms with Crippen LogP contribution in [0.4, 0.5) is 0 Å². The van der Waals surface area contributed by atoms with E-state index in [1.807, 2.05) is 0 Å². The van der Waals surface area contributed by atoms with E-state index in [9.17, 15) is 9.59 Å². The summed E-state index contributed by atoms with van der Waals surface area (Å²) in [6.07, 6.45) is 3.21. The third-order valence-corrected chi connectivity index (χ3v) is 2.96. The minimum absolute atomic E-state index is 0.376. The molecule has 0 aliphatic rings. The minimum atomic E-state index is -1.07. The molecule has 1 rings (SSSR count). The fraction of sp³-hybridized carbons (Fsp3) is 0.286. The van der Waals surface area contributed by atoms with Crippen LogP contribution in [0.15, 0.2) is 20.5 Å². The van der Waals surface area contributed by atoms with Gasteiger partial charge in [0.05, 0.1) is 4.47 Å². The van der Waals surface area contributed by atoms with Crippen LogP contribution in [0.2, 0.25) is 0 Å². The van der Waals surface area contributed by atoms with Crippen molar-refractivity contribution in [2.24, 2.45) is 0 Å². The lowest BCUT2D eigenvalue weighted by atomic mass is 10.6. The summed E-state index contributed by atoms with van der Waals surface area (Å²) in [5, 5.41) is 9.05. The SMILES string of the molecule is CSc1nc(=O)n(CC(=O)O)cc1Br. The van der Waals surface area contributed by atoms with Crippen LogP contribution in [0.3, 0.4) is 0 Å². The lowest BCUT2D eigenvalue weighted by Gasteiger charge is -2.04. The number of aromatic nitrogens is 2. The molecule has 0 unspecified atom stereocenters. The number of aliphatic carboxylic acids is 1. The van der Waals surface area contributed by atoms with Gasteiger partial charge < -0.3 is 5.11 Å². The number of nitrogens with zero attached hydrogens (tertiary/aromatic N) is 2. The van der Waals surface area contributed by atoms with Gasteiger partial charge >= 0.3 is 11.7 Å². The van der Waals surface area contributed by atoms with E-state index in [1.54, 1.807) is 6.26 Å². The summed E-state index contributed by atoms with van der Waals surface area (Å²) in [7, 11) is 0. The Kier molecular flexibility index (Phi) is 3.70. The van der Waals surface area contributed by atoms with E-state index in [0.29, 0.717) is 9.50 Å². The second-order valence-electron chi connectivity index (χ2n) is 2.40. The highest BCUT2D eigenvalue weighted by Gasteiger charge is 2.07. The first kappa shape index (κ1) is 11.3. The van der Waals surface area contributed by atoms with Crippen molar-refractivity contribution in [2.75, 3.05) is 6.26 Å². The zero-order valence-electron chi connectivity index (χ0n) is 7.23. The standard InChI is InChI=1S/C7H7BrN2O3S/c1-14-6-4(8)2-10(3-5(11)12)7(13)9-6/h2H,3H2,1H3,(H,11,12). The van der Waals surface area contributed by atoms with Gasteiger partial charge in [-0.2, -0.15) is 4.98 Å². The zero-order valence-corrected chi connectivity index (χ0v) is 9.63. The Morgan fingerprint density at radius 2 is 2.43 bits per heavy atom. The molecule has 0 fully saturated rings. The molecular weight excluding hydrogens is 272 g/mol. The summed E-state index contributed by atoms with van der Waals surface area (Å²) >= 11 is 4.51. The van der Waals surface area contributed by atoms with Gasteiger partial charge in [0, 0.05) is 6.20 Å². The predicted molar refractivity (Wildman–Crippen MR) is 55.6 cm³/mol. The molecule has 1 aromatic rings. The monoisotopic (exact) mass is 278 g/mol. The van der Waals surface area contributed by atoms with E-state index in [-0.39, 0.29) is 6.54 Å². The summed E-state index contributed by atoms with van der Waals surface area (Å²) in [5.74, 6) is -1.07. The van der Waals surface area contributed by atoms with E-state index in [0.717, 1.165) is 4.57 Å². The molecule has 0 atom stereocenters. The van der Waals surface area contributed by atoms with E-state index < -0.39 is 11.7 Å². The first-order valence-corrected chi connectivity index (χ1v) is 5.59. The largest absolute Gasteiger partial charge is 0.480 e. The Labute approximate surface area is 92.3 Å². The highest BCUT2D eigenvalue weighted by molar-refractivity contribution is 9.10. The third kappa shape index (κ3) is 2.58. The maximum Gasteiger partial charge on any atom is 0.349 e. The Hall–Kier alpha value is -0.820. The first-order chi connectivity index (χ1) is 6.54. The molecule has 0 saturated carbocycles. The van der Waals surface area contributed by atoms with E-state index in [4.69, 9.17) is 5.11 Å². The summed E-state index contributed by atoms with van der Waals surface area (Å²) in [4.78, 5) is 25.3. The molecule has 0 amide bonds. The second-order valence-corrected chi connectivity index (χ2v) is 4.05. The van der Waals surface area contributed by atoms with Gasteiger partial charge in [0.1, 0.15) is 11.6 Å². The van der Waals surface area contributed by atoms with Crippen molar-refractivity contribution in [3.05, 3.63) is 21.2 Å². The van der Waals surface area contributed by atoms with Crippen molar-refractivity contribution in [1.82, 2.24) is 9.55 Å². The molecule has 1 N–H and O–H groups in total. The fourth-order valence-corrected chi connectivity index (χ4v) is 2.09. The zero-order chi connectivity index (χ0) is 10.7. The fourth-order valence-electron chi connectivity index (χ4n) is 0.854. The topological polar surface area (TPSA) is 72.2 Å². The quantitative estimate of drug-likeness (QED) is 0.655. The molecule has 1 aromatic heterocycles. The number of rotatable bonds is 3. The normalized spacial score (nSPS) is 10.1. The van der Waals surface area contributed by atoms with Crippen molar-refractivity contribution >= 4 is 33.7 Å². The van der Waals surface area contributed by atoms with Gasteiger partial charge in [-0.15, -0.1) is 11.8 Å². The van der Waals surface area contributed by atoms with Crippen LogP contribution in [-0.4, -0.2) is 26.9 Å². The number of thioether (sulfide) groups is 1. The number of halogens is 1.